The molecule has 2 aromatic carbocycles. The second-order valence-corrected chi connectivity index (χ2v) is 10.7. The molecule has 0 bridgehead atoms. The van der Waals surface area contributed by atoms with Crippen molar-refractivity contribution in [2.75, 3.05) is 13.6 Å². The van der Waals surface area contributed by atoms with Gasteiger partial charge in [-0.25, -0.2) is 8.78 Å². The Morgan fingerprint density at radius 2 is 1.64 bits per heavy atom. The highest BCUT2D eigenvalue weighted by atomic mass is 19.4. The summed E-state index contributed by atoms with van der Waals surface area (Å²) in [6.07, 6.45) is -8.22. The number of pyridine rings is 1. The fourth-order valence-electron chi connectivity index (χ4n) is 4.47. The predicted molar refractivity (Wildman–Crippen MR) is 145 cm³/mol. The molecule has 2 heterocycles. The third-order valence-corrected chi connectivity index (χ3v) is 7.36. The van der Waals surface area contributed by atoms with Gasteiger partial charge >= 0.3 is 12.4 Å². The van der Waals surface area contributed by atoms with Crippen molar-refractivity contribution >= 4 is 11.8 Å². The summed E-state index contributed by atoms with van der Waals surface area (Å²) in [5, 5.41) is 16.0. The van der Waals surface area contributed by atoms with Crippen LogP contribution in [0, 0.1) is 11.6 Å². The number of hydrogen-bond acceptors (Lipinski definition) is 5. The van der Waals surface area contributed by atoms with Gasteiger partial charge in [-0.15, -0.1) is 0 Å². The highest BCUT2D eigenvalue weighted by molar-refractivity contribution is 6.19. The van der Waals surface area contributed by atoms with Crippen LogP contribution < -0.4 is 10.6 Å². The number of alkyl halides is 6. The normalized spacial score (nSPS) is 15.9. The molecule has 1 aromatic heterocycles. The van der Waals surface area contributed by atoms with E-state index in [9.17, 15) is 49.8 Å². The lowest BCUT2D eigenvalue weighted by Crippen LogP contribution is -2.43. The molecule has 0 aliphatic carbocycles. The van der Waals surface area contributed by atoms with Crippen molar-refractivity contribution in [1.82, 2.24) is 20.5 Å². The number of nitrogens with zero attached hydrogens (tertiary/aromatic N) is 2. The second kappa shape index (κ2) is 12.1. The van der Waals surface area contributed by atoms with E-state index in [1.165, 1.54) is 33.0 Å². The Labute approximate surface area is 251 Å². The number of rotatable bonds is 8. The quantitative estimate of drug-likeness (QED) is 0.0693. The molecule has 1 unspecified atom stereocenters. The van der Waals surface area contributed by atoms with Crippen LogP contribution in [0.2, 0.25) is 0 Å². The number of halogens is 8. The Kier molecular flexibility index (Phi) is 8.97. The Hall–Kier alpha value is -4.53. The van der Waals surface area contributed by atoms with Gasteiger partial charge in [0.25, 0.3) is 11.8 Å². The van der Waals surface area contributed by atoms with Gasteiger partial charge in [0.2, 0.25) is 0 Å². The minimum atomic E-state index is -4.85. The molecule has 240 valence electrons. The minimum absolute atomic E-state index is 0.0337. The van der Waals surface area contributed by atoms with E-state index in [4.69, 9.17) is 0 Å². The van der Waals surface area contributed by atoms with Crippen LogP contribution in [0.25, 0.3) is 11.1 Å². The number of aliphatic hydroxyl groups excluding tert-OH is 1. The summed E-state index contributed by atoms with van der Waals surface area (Å²) < 4.78 is 109. The Morgan fingerprint density at radius 1 is 0.978 bits per heavy atom. The third-order valence-electron chi connectivity index (χ3n) is 7.36. The predicted octanol–water partition coefficient (Wildman–Crippen LogP) is 6.07. The number of nitrogens with one attached hydrogen (secondary N) is 2. The van der Waals surface area contributed by atoms with Gasteiger partial charge in [0.15, 0.2) is 11.6 Å². The molecule has 3 aromatic rings. The molecule has 0 saturated carbocycles. The molecule has 1 aliphatic rings. The number of carbonyl (C=O) groups is 2. The molecular formula is C30H26F8N4O3. The molecule has 0 radical (unpaired) electrons. The van der Waals surface area contributed by atoms with Crippen LogP contribution in [0.4, 0.5) is 35.1 Å². The minimum Gasteiger partial charge on any atom is -0.509 e. The van der Waals surface area contributed by atoms with E-state index >= 15 is 0 Å². The van der Waals surface area contributed by atoms with E-state index in [2.05, 4.69) is 15.6 Å². The zero-order valence-corrected chi connectivity index (χ0v) is 23.9. The first-order valence-electron chi connectivity index (χ1n) is 13.2. The van der Waals surface area contributed by atoms with Crippen molar-refractivity contribution in [1.29, 1.82) is 0 Å². The Balaban J connectivity index is 1.72. The van der Waals surface area contributed by atoms with Crippen LogP contribution in [0.1, 0.15) is 42.1 Å². The van der Waals surface area contributed by atoms with Crippen molar-refractivity contribution in [3.63, 3.8) is 0 Å². The molecular weight excluding hydrogens is 616 g/mol. The number of benzene rings is 2. The van der Waals surface area contributed by atoms with Crippen molar-refractivity contribution < 1.29 is 49.8 Å². The van der Waals surface area contributed by atoms with Gasteiger partial charge in [-0.05, 0) is 56.3 Å². The average molecular weight is 643 g/mol. The van der Waals surface area contributed by atoms with Gasteiger partial charge in [-0.3, -0.25) is 14.6 Å². The molecule has 1 fully saturated rings. The van der Waals surface area contributed by atoms with E-state index in [1.807, 2.05) is 0 Å². The van der Waals surface area contributed by atoms with Crippen LogP contribution in [0.15, 0.2) is 66.2 Å². The van der Waals surface area contributed by atoms with Gasteiger partial charge < -0.3 is 20.6 Å². The summed E-state index contributed by atoms with van der Waals surface area (Å²) in [6.45, 7) is 2.13. The van der Waals surface area contributed by atoms with Gasteiger partial charge in [0.1, 0.15) is 11.3 Å². The molecule has 7 nitrogen and oxygen atoms in total. The summed E-state index contributed by atoms with van der Waals surface area (Å²) in [5.74, 6) is -5.37. The second-order valence-electron chi connectivity index (χ2n) is 10.7. The number of carbonyl (C=O) groups excluding carboxylic acids is 2. The molecule has 3 N–H and O–H groups in total. The van der Waals surface area contributed by atoms with Crippen molar-refractivity contribution in [2.45, 2.75) is 44.3 Å². The molecule has 1 atom stereocenters. The standard InChI is InChI=1S/C30H26F8N4O3/c1-28(2,39-3)25(43)23(26(44)41-12-15-5-4-6-21(31)24(15)32)27(45)42-14-22(42)19-8-7-17(29(33,34)35)10-20(19)16-9-18(13-40-11-16)30(36,37)38/h4-11,13,22,39,43H,12,14H2,1-3H3,(H,41,44)/b25-23-. The van der Waals surface area contributed by atoms with Crippen LogP contribution in [0.3, 0.4) is 0 Å². The highest BCUT2D eigenvalue weighted by Crippen LogP contribution is 2.44. The molecule has 1 saturated heterocycles. The van der Waals surface area contributed by atoms with Crippen LogP contribution in [-0.2, 0) is 28.5 Å². The van der Waals surface area contributed by atoms with E-state index in [0.717, 1.165) is 23.2 Å². The molecule has 1 aliphatic heterocycles. The van der Waals surface area contributed by atoms with E-state index in [-0.39, 0.29) is 28.8 Å². The van der Waals surface area contributed by atoms with Crippen molar-refractivity contribution in [3.05, 3.63) is 100 Å². The van der Waals surface area contributed by atoms with Crippen LogP contribution >= 0.6 is 0 Å². The maximum atomic E-state index is 14.2. The van der Waals surface area contributed by atoms with Crippen molar-refractivity contribution in [3.8, 4) is 11.1 Å². The van der Waals surface area contributed by atoms with Gasteiger partial charge in [-0.1, -0.05) is 18.2 Å². The average Bonchev–Trinajstić information content (AvgIpc) is 3.78. The number of aliphatic hydroxyl groups is 1. The van der Waals surface area contributed by atoms with Crippen molar-refractivity contribution in [2.24, 2.45) is 0 Å². The van der Waals surface area contributed by atoms with E-state index in [0.29, 0.717) is 24.4 Å². The zero-order chi connectivity index (χ0) is 33.5. The summed E-state index contributed by atoms with van der Waals surface area (Å²) in [4.78, 5) is 31.5. The largest absolute Gasteiger partial charge is 0.509 e. The lowest BCUT2D eigenvalue weighted by molar-refractivity contribution is -0.138. The summed E-state index contributed by atoms with van der Waals surface area (Å²) in [6, 6.07) is 5.25. The fourth-order valence-corrected chi connectivity index (χ4v) is 4.47. The summed E-state index contributed by atoms with van der Waals surface area (Å²) in [7, 11) is 1.43. The molecule has 4 rings (SSSR count). The van der Waals surface area contributed by atoms with Crippen LogP contribution in [-0.4, -0.2) is 45.9 Å². The fraction of sp³-hybridized carbons (Fsp3) is 0.300. The van der Waals surface area contributed by atoms with E-state index < -0.39 is 76.4 Å². The lowest BCUT2D eigenvalue weighted by Gasteiger charge is -2.25. The maximum absolute atomic E-state index is 14.2. The summed E-state index contributed by atoms with van der Waals surface area (Å²) in [5.41, 5.74) is -5.31. The smallest absolute Gasteiger partial charge is 0.417 e. The molecule has 45 heavy (non-hydrogen) atoms. The third kappa shape index (κ3) is 7.08. The number of likely N-dealkylation sites (N-methyl/N-ethyl adjacent to an activating group) is 1. The van der Waals surface area contributed by atoms with Gasteiger partial charge in [-0.2, -0.15) is 26.3 Å². The number of amides is 2. The van der Waals surface area contributed by atoms with Crippen LogP contribution in [0.5, 0.6) is 0 Å². The SMILES string of the molecule is CNC(C)(C)/C(O)=C(\C(=O)NCc1cccc(F)c1F)C(=O)N1CC1c1ccc(C(F)(F)F)cc1-c1cncc(C(F)(F)F)c1. The summed E-state index contributed by atoms with van der Waals surface area (Å²) >= 11 is 0. The first-order chi connectivity index (χ1) is 20.9. The number of hydrogen-bond donors (Lipinski definition) is 3. The maximum Gasteiger partial charge on any atom is 0.417 e. The van der Waals surface area contributed by atoms with Gasteiger partial charge in [0.05, 0.1) is 22.7 Å². The van der Waals surface area contributed by atoms with Gasteiger partial charge in [0, 0.05) is 36.6 Å². The monoisotopic (exact) mass is 642 g/mol. The molecule has 2 amide bonds. The highest BCUT2D eigenvalue weighted by Gasteiger charge is 2.46. The topological polar surface area (TPSA) is 94.3 Å². The van der Waals surface area contributed by atoms with E-state index in [1.54, 1.807) is 0 Å². The number of aromatic nitrogens is 1. The Morgan fingerprint density at radius 3 is 2.27 bits per heavy atom. The first kappa shape index (κ1) is 33.4. The molecule has 0 spiro atoms. The first-order valence-corrected chi connectivity index (χ1v) is 13.2. The Bertz CT molecular complexity index is 1670. The molecule has 15 heteroatoms. The lowest BCUT2D eigenvalue weighted by atomic mass is 9.95. The zero-order valence-electron chi connectivity index (χ0n) is 23.9.